The number of nitrogens with zero attached hydrogens (tertiary/aromatic N) is 2. The van der Waals surface area contributed by atoms with Gasteiger partial charge in [-0.3, -0.25) is 0 Å². The van der Waals surface area contributed by atoms with Gasteiger partial charge in [-0.05, 0) is 61.7 Å². The van der Waals surface area contributed by atoms with E-state index in [0.29, 0.717) is 5.16 Å². The Balaban J connectivity index is 1.29. The molecule has 0 spiro atoms. The van der Waals surface area contributed by atoms with E-state index < -0.39 is 24.4 Å². The number of fused-ring (bicyclic) bond motifs is 3. The zero-order valence-electron chi connectivity index (χ0n) is 22.4. The summed E-state index contributed by atoms with van der Waals surface area (Å²) in [5.41, 5.74) is 5.25. The van der Waals surface area contributed by atoms with Crippen LogP contribution in [0.2, 0.25) is 0 Å². The van der Waals surface area contributed by atoms with E-state index in [1.165, 1.54) is 34.0 Å². The number of hydrogen-bond donors (Lipinski definition) is 1. The van der Waals surface area contributed by atoms with E-state index in [1.807, 2.05) is 64.3 Å². The lowest BCUT2D eigenvalue weighted by Gasteiger charge is -2.32. The second-order valence-corrected chi connectivity index (χ2v) is 11.3. The first-order valence-corrected chi connectivity index (χ1v) is 13.9. The van der Waals surface area contributed by atoms with Crippen molar-refractivity contribution >= 4 is 31.0 Å². The molecule has 196 valence electrons. The average Bonchev–Trinajstić information content (AvgIpc) is 3.34. The molecule has 0 radical (unpaired) electrons. The normalized spacial score (nSPS) is 17.7. The molecule has 0 saturated carbocycles. The largest absolute Gasteiger partial charge is 0.492 e. The Hall–Kier alpha value is -3.14. The van der Waals surface area contributed by atoms with Crippen molar-refractivity contribution in [3.63, 3.8) is 0 Å². The lowest BCUT2D eigenvalue weighted by atomic mass is 9.77. The van der Waals surface area contributed by atoms with E-state index in [2.05, 4.69) is 39.6 Å². The number of benzene rings is 2. The molecule has 9 heteroatoms. The lowest BCUT2D eigenvalue weighted by Crippen LogP contribution is -2.41. The molecule has 1 aromatic heterocycles. The van der Waals surface area contributed by atoms with Crippen molar-refractivity contribution in [2.24, 2.45) is 0 Å². The van der Waals surface area contributed by atoms with E-state index in [4.69, 9.17) is 14.0 Å². The highest BCUT2D eigenvalue weighted by Gasteiger charge is 2.52. The zero-order chi connectivity index (χ0) is 26.9. The number of aromatic nitrogens is 2. The van der Waals surface area contributed by atoms with Gasteiger partial charge in [0.25, 0.3) is 0 Å². The van der Waals surface area contributed by atoms with Gasteiger partial charge in [0.2, 0.25) is 0 Å². The highest BCUT2D eigenvalue weighted by Crippen LogP contribution is 2.44. The molecule has 0 bridgehead atoms. The van der Waals surface area contributed by atoms with E-state index in [9.17, 15) is 4.79 Å². The number of carbonyl (C=O) groups excluding carboxylic acids is 1. The summed E-state index contributed by atoms with van der Waals surface area (Å²) in [5, 5.41) is 3.59. The van der Waals surface area contributed by atoms with Gasteiger partial charge >= 0.3 is 13.2 Å². The van der Waals surface area contributed by atoms with Gasteiger partial charge in [-0.25, -0.2) is 14.8 Å². The summed E-state index contributed by atoms with van der Waals surface area (Å²) < 4.78 is 18.3. The van der Waals surface area contributed by atoms with Gasteiger partial charge in [0.05, 0.1) is 11.2 Å². The van der Waals surface area contributed by atoms with Crippen LogP contribution in [0, 0.1) is 0 Å². The molecule has 1 aliphatic heterocycles. The lowest BCUT2D eigenvalue weighted by molar-refractivity contribution is 0.00578. The molecule has 2 heterocycles. The van der Waals surface area contributed by atoms with Gasteiger partial charge in [0.1, 0.15) is 6.61 Å². The number of ether oxygens (including phenoxy) is 1. The topological polar surface area (TPSA) is 82.6 Å². The van der Waals surface area contributed by atoms with Crippen LogP contribution in [-0.2, 0) is 14.0 Å². The van der Waals surface area contributed by atoms with Crippen molar-refractivity contribution in [1.29, 1.82) is 0 Å². The van der Waals surface area contributed by atoms with Crippen LogP contribution in [0.4, 0.5) is 4.79 Å². The SMILES string of the molecule is CSc1ncc(C=C(CNC(=O)OCC2c3ccccc3-c3ccccc32)B2OC(C)(C)C(C)(C)O2)cn1. The summed E-state index contributed by atoms with van der Waals surface area (Å²) in [7, 11) is -0.630. The third-order valence-electron chi connectivity index (χ3n) is 7.52. The van der Waals surface area contributed by atoms with Crippen LogP contribution < -0.4 is 5.32 Å². The summed E-state index contributed by atoms with van der Waals surface area (Å²) in [6.07, 6.45) is 6.83. The standard InChI is InChI=1S/C29H32BN3O4S/c1-28(2)29(3,4)37-30(36-28)20(14-19-15-31-26(38-5)32-16-19)17-33-27(34)35-18-25-23-12-8-6-10-21(23)22-11-7-9-13-24(22)25/h6-16,25H,17-18H2,1-5H3,(H,33,34). The molecular formula is C29H32BN3O4S. The van der Waals surface area contributed by atoms with Crippen LogP contribution >= 0.6 is 11.8 Å². The number of thioether (sulfide) groups is 1. The zero-order valence-corrected chi connectivity index (χ0v) is 23.2. The van der Waals surface area contributed by atoms with E-state index in [0.717, 1.165) is 11.0 Å². The average molecular weight is 529 g/mol. The minimum atomic E-state index is -0.630. The van der Waals surface area contributed by atoms with Crippen LogP contribution in [-0.4, -0.2) is 53.8 Å². The molecule has 0 atom stereocenters. The molecule has 38 heavy (non-hydrogen) atoms. The first-order chi connectivity index (χ1) is 18.2. The van der Waals surface area contributed by atoms with Crippen molar-refractivity contribution in [2.75, 3.05) is 19.4 Å². The van der Waals surface area contributed by atoms with Gasteiger partial charge in [-0.2, -0.15) is 0 Å². The van der Waals surface area contributed by atoms with Crippen LogP contribution in [0.1, 0.15) is 50.3 Å². The summed E-state index contributed by atoms with van der Waals surface area (Å²) in [5.74, 6) is -0.00152. The van der Waals surface area contributed by atoms with E-state index in [-0.39, 0.29) is 19.1 Å². The third kappa shape index (κ3) is 5.23. The molecule has 1 fully saturated rings. The smallest absolute Gasteiger partial charge is 0.449 e. The molecule has 1 amide bonds. The van der Waals surface area contributed by atoms with Crippen molar-refractivity contribution in [1.82, 2.24) is 15.3 Å². The van der Waals surface area contributed by atoms with Gasteiger partial charge in [0.15, 0.2) is 5.16 Å². The molecule has 1 aliphatic carbocycles. The van der Waals surface area contributed by atoms with Gasteiger partial charge in [-0.1, -0.05) is 66.4 Å². The molecule has 1 saturated heterocycles. The second kappa shape index (κ2) is 10.6. The fourth-order valence-electron chi connectivity index (χ4n) is 4.74. The number of hydrogen-bond acceptors (Lipinski definition) is 7. The number of carbonyl (C=O) groups is 1. The van der Waals surface area contributed by atoms with E-state index >= 15 is 0 Å². The monoisotopic (exact) mass is 529 g/mol. The molecule has 2 aromatic carbocycles. The first-order valence-electron chi connectivity index (χ1n) is 12.7. The molecule has 7 nitrogen and oxygen atoms in total. The van der Waals surface area contributed by atoms with Crippen molar-refractivity contribution in [3.8, 4) is 11.1 Å². The molecule has 3 aromatic rings. The van der Waals surface area contributed by atoms with Crippen LogP contribution in [0.5, 0.6) is 0 Å². The number of amides is 1. The summed E-state index contributed by atoms with van der Waals surface area (Å²) >= 11 is 1.48. The molecule has 0 unspecified atom stereocenters. The first kappa shape index (κ1) is 26.5. The minimum Gasteiger partial charge on any atom is -0.449 e. The fraction of sp³-hybridized carbons (Fsp3) is 0.345. The Kier molecular flexibility index (Phi) is 7.35. The Morgan fingerprint density at radius 1 is 1.00 bits per heavy atom. The summed E-state index contributed by atoms with van der Waals surface area (Å²) in [4.78, 5) is 21.6. The third-order valence-corrected chi connectivity index (χ3v) is 8.10. The quantitative estimate of drug-likeness (QED) is 0.237. The summed E-state index contributed by atoms with van der Waals surface area (Å²) in [6, 6.07) is 16.6. The van der Waals surface area contributed by atoms with Crippen LogP contribution in [0.25, 0.3) is 17.2 Å². The molecule has 1 N–H and O–H groups in total. The maximum atomic E-state index is 12.9. The maximum absolute atomic E-state index is 12.9. The van der Waals surface area contributed by atoms with Gasteiger partial charge < -0.3 is 19.4 Å². The number of nitrogens with one attached hydrogen (secondary N) is 1. The van der Waals surface area contributed by atoms with E-state index in [1.54, 1.807) is 12.4 Å². The highest BCUT2D eigenvalue weighted by molar-refractivity contribution is 7.98. The summed E-state index contributed by atoms with van der Waals surface area (Å²) in [6.45, 7) is 8.44. The van der Waals surface area contributed by atoms with Gasteiger partial charge in [0, 0.05) is 30.4 Å². The molecule has 2 aliphatic rings. The predicted molar refractivity (Wildman–Crippen MR) is 151 cm³/mol. The van der Waals surface area contributed by atoms with Crippen molar-refractivity contribution in [2.45, 2.75) is 50.0 Å². The second-order valence-electron chi connectivity index (χ2n) is 10.5. The Bertz CT molecular complexity index is 1300. The number of rotatable bonds is 7. The van der Waals surface area contributed by atoms with Gasteiger partial charge in [-0.15, -0.1) is 0 Å². The number of alkyl carbamates (subject to hydrolysis) is 1. The Morgan fingerprint density at radius 3 is 2.11 bits per heavy atom. The Labute approximate surface area is 228 Å². The van der Waals surface area contributed by atoms with Crippen molar-refractivity contribution < 1.29 is 18.8 Å². The van der Waals surface area contributed by atoms with Crippen LogP contribution in [0.15, 0.2) is 71.6 Å². The maximum Gasteiger partial charge on any atom is 0.492 e. The Morgan fingerprint density at radius 2 is 1.55 bits per heavy atom. The van der Waals surface area contributed by atoms with Crippen molar-refractivity contribution in [3.05, 3.63) is 83.1 Å². The van der Waals surface area contributed by atoms with Crippen LogP contribution in [0.3, 0.4) is 0 Å². The predicted octanol–water partition coefficient (Wildman–Crippen LogP) is 5.75. The minimum absolute atomic E-state index is 0.00152. The molecule has 5 rings (SSSR count). The highest BCUT2D eigenvalue weighted by atomic mass is 32.2. The molecular weight excluding hydrogens is 497 g/mol. The fourth-order valence-corrected chi connectivity index (χ4v) is 5.06.